The molecule has 126 valence electrons. The van der Waals surface area contributed by atoms with Gasteiger partial charge in [0.2, 0.25) is 11.8 Å². The molecule has 0 spiro atoms. The average molecular weight is 318 g/mol. The number of carbonyl (C=O) groups excluding carboxylic acids is 2. The number of carbonyl (C=O) groups is 2. The molecule has 1 aliphatic heterocycles. The van der Waals surface area contributed by atoms with Crippen LogP contribution in [-0.4, -0.2) is 35.9 Å². The van der Waals surface area contributed by atoms with Crippen LogP contribution in [0.1, 0.15) is 49.9 Å². The van der Waals surface area contributed by atoms with Crippen molar-refractivity contribution in [2.24, 2.45) is 11.7 Å². The standard InChI is InChI=1S/C18H26N2O3/c1-13-5-3-6-14(2)20(12-13)17(21)9-10-23-16-8-4-7-15(11-16)18(19)22/h4,7-8,11,13-14H,3,5-6,9-10,12H2,1-2H3,(H2,19,22). The van der Waals surface area contributed by atoms with E-state index in [1.165, 1.54) is 12.8 Å². The van der Waals surface area contributed by atoms with E-state index in [1.807, 2.05) is 4.90 Å². The Morgan fingerprint density at radius 2 is 2.09 bits per heavy atom. The molecule has 2 amide bonds. The van der Waals surface area contributed by atoms with E-state index in [1.54, 1.807) is 24.3 Å². The summed E-state index contributed by atoms with van der Waals surface area (Å²) < 4.78 is 5.60. The van der Waals surface area contributed by atoms with Gasteiger partial charge in [0.05, 0.1) is 13.0 Å². The second-order valence-corrected chi connectivity index (χ2v) is 6.42. The molecule has 0 radical (unpaired) electrons. The third kappa shape index (κ3) is 4.98. The number of benzene rings is 1. The Hall–Kier alpha value is -2.04. The van der Waals surface area contributed by atoms with Crippen molar-refractivity contribution in [1.82, 2.24) is 4.90 Å². The quantitative estimate of drug-likeness (QED) is 0.907. The zero-order valence-corrected chi connectivity index (χ0v) is 14.0. The molecule has 1 aliphatic rings. The molecule has 23 heavy (non-hydrogen) atoms. The van der Waals surface area contributed by atoms with Crippen LogP contribution in [0.25, 0.3) is 0 Å². The van der Waals surface area contributed by atoms with Crippen molar-refractivity contribution in [2.75, 3.05) is 13.2 Å². The largest absolute Gasteiger partial charge is 0.493 e. The molecule has 2 rings (SSSR count). The topological polar surface area (TPSA) is 72.6 Å². The Kier molecular flexibility index (Phi) is 6.02. The maximum Gasteiger partial charge on any atom is 0.248 e. The summed E-state index contributed by atoms with van der Waals surface area (Å²) in [6.07, 6.45) is 3.78. The molecule has 0 aromatic heterocycles. The first-order valence-corrected chi connectivity index (χ1v) is 8.29. The van der Waals surface area contributed by atoms with Crippen molar-refractivity contribution in [3.05, 3.63) is 29.8 Å². The summed E-state index contributed by atoms with van der Waals surface area (Å²) in [6.45, 7) is 5.45. The van der Waals surface area contributed by atoms with Gasteiger partial charge in [-0.3, -0.25) is 9.59 Å². The van der Waals surface area contributed by atoms with Crippen LogP contribution >= 0.6 is 0 Å². The van der Waals surface area contributed by atoms with Gasteiger partial charge in [-0.2, -0.15) is 0 Å². The summed E-state index contributed by atoms with van der Waals surface area (Å²) in [4.78, 5) is 25.6. The van der Waals surface area contributed by atoms with E-state index < -0.39 is 5.91 Å². The van der Waals surface area contributed by atoms with Gasteiger partial charge in [-0.25, -0.2) is 0 Å². The van der Waals surface area contributed by atoms with Crippen molar-refractivity contribution >= 4 is 11.8 Å². The van der Waals surface area contributed by atoms with Crippen LogP contribution in [-0.2, 0) is 4.79 Å². The van der Waals surface area contributed by atoms with Crippen molar-refractivity contribution in [2.45, 2.75) is 45.6 Å². The lowest BCUT2D eigenvalue weighted by atomic mass is 10.1. The van der Waals surface area contributed by atoms with Gasteiger partial charge in [-0.15, -0.1) is 0 Å². The van der Waals surface area contributed by atoms with E-state index in [0.717, 1.165) is 13.0 Å². The summed E-state index contributed by atoms with van der Waals surface area (Å²) in [5.74, 6) is 0.764. The molecule has 5 heteroatoms. The van der Waals surface area contributed by atoms with Gasteiger partial charge in [0.1, 0.15) is 5.75 Å². The number of likely N-dealkylation sites (tertiary alicyclic amines) is 1. The van der Waals surface area contributed by atoms with Gasteiger partial charge in [0.15, 0.2) is 0 Å². The van der Waals surface area contributed by atoms with Gasteiger partial charge >= 0.3 is 0 Å². The van der Waals surface area contributed by atoms with E-state index in [9.17, 15) is 9.59 Å². The molecular formula is C18H26N2O3. The summed E-state index contributed by atoms with van der Waals surface area (Å²) in [5.41, 5.74) is 5.65. The maximum atomic E-state index is 12.4. The van der Waals surface area contributed by atoms with Gasteiger partial charge in [0.25, 0.3) is 0 Å². The predicted molar refractivity (Wildman–Crippen MR) is 89.3 cm³/mol. The van der Waals surface area contributed by atoms with E-state index in [4.69, 9.17) is 10.5 Å². The second-order valence-electron chi connectivity index (χ2n) is 6.42. The van der Waals surface area contributed by atoms with Gasteiger partial charge < -0.3 is 15.4 Å². The van der Waals surface area contributed by atoms with Crippen LogP contribution in [0, 0.1) is 5.92 Å². The van der Waals surface area contributed by atoms with Gasteiger partial charge in [-0.1, -0.05) is 19.4 Å². The molecule has 1 aromatic carbocycles. The van der Waals surface area contributed by atoms with Crippen LogP contribution in [0.3, 0.4) is 0 Å². The number of amides is 2. The minimum Gasteiger partial charge on any atom is -0.493 e. The predicted octanol–water partition coefficient (Wildman–Crippen LogP) is 2.59. The Morgan fingerprint density at radius 3 is 2.83 bits per heavy atom. The second kappa shape index (κ2) is 7.99. The maximum absolute atomic E-state index is 12.4. The molecule has 1 heterocycles. The van der Waals surface area contributed by atoms with E-state index >= 15 is 0 Å². The molecule has 1 aromatic rings. The van der Waals surface area contributed by atoms with Crippen LogP contribution in [0.15, 0.2) is 24.3 Å². The van der Waals surface area contributed by atoms with Gasteiger partial charge in [-0.05, 0) is 43.9 Å². The number of rotatable bonds is 5. The highest BCUT2D eigenvalue weighted by molar-refractivity contribution is 5.93. The third-order valence-corrected chi connectivity index (χ3v) is 4.38. The lowest BCUT2D eigenvalue weighted by Crippen LogP contribution is -2.40. The first-order chi connectivity index (χ1) is 11.0. The molecule has 1 fully saturated rings. The summed E-state index contributed by atoms with van der Waals surface area (Å²) in [6, 6.07) is 7.01. The molecule has 0 bridgehead atoms. The van der Waals surface area contributed by atoms with Crippen molar-refractivity contribution in [3.8, 4) is 5.75 Å². The number of hydrogen-bond acceptors (Lipinski definition) is 3. The first-order valence-electron chi connectivity index (χ1n) is 8.29. The van der Waals surface area contributed by atoms with Crippen LogP contribution in [0.2, 0.25) is 0 Å². The van der Waals surface area contributed by atoms with E-state index in [0.29, 0.717) is 36.3 Å². The average Bonchev–Trinajstić information content (AvgIpc) is 2.68. The number of hydrogen-bond donors (Lipinski definition) is 1. The molecular weight excluding hydrogens is 292 g/mol. The Bertz CT molecular complexity index is 559. The highest BCUT2D eigenvalue weighted by Crippen LogP contribution is 2.21. The van der Waals surface area contributed by atoms with Crippen molar-refractivity contribution in [3.63, 3.8) is 0 Å². The Balaban J connectivity index is 1.86. The van der Waals surface area contributed by atoms with E-state index in [2.05, 4.69) is 13.8 Å². The van der Waals surface area contributed by atoms with E-state index in [-0.39, 0.29) is 5.91 Å². The minimum atomic E-state index is -0.487. The Labute approximate surface area is 137 Å². The minimum absolute atomic E-state index is 0.136. The smallest absolute Gasteiger partial charge is 0.248 e. The summed E-state index contributed by atoms with van der Waals surface area (Å²) in [5, 5.41) is 0. The monoisotopic (exact) mass is 318 g/mol. The SMILES string of the molecule is CC1CCCC(C)N(C(=O)CCOc2cccc(C(N)=O)c2)C1. The lowest BCUT2D eigenvalue weighted by molar-refractivity contribution is -0.134. The van der Waals surface area contributed by atoms with Crippen molar-refractivity contribution < 1.29 is 14.3 Å². The molecule has 0 saturated carbocycles. The third-order valence-electron chi connectivity index (χ3n) is 4.38. The fraction of sp³-hybridized carbons (Fsp3) is 0.556. The zero-order chi connectivity index (χ0) is 16.8. The zero-order valence-electron chi connectivity index (χ0n) is 14.0. The molecule has 2 atom stereocenters. The molecule has 2 N–H and O–H groups in total. The molecule has 0 aliphatic carbocycles. The summed E-state index contributed by atoms with van der Waals surface area (Å²) >= 11 is 0. The number of primary amides is 1. The normalized spacial score (nSPS) is 21.6. The van der Waals surface area contributed by atoms with Crippen LogP contribution < -0.4 is 10.5 Å². The number of nitrogens with two attached hydrogens (primary N) is 1. The molecule has 2 unspecified atom stereocenters. The highest BCUT2D eigenvalue weighted by atomic mass is 16.5. The number of ether oxygens (including phenoxy) is 1. The van der Waals surface area contributed by atoms with Crippen molar-refractivity contribution in [1.29, 1.82) is 0 Å². The lowest BCUT2D eigenvalue weighted by Gasteiger charge is -2.28. The fourth-order valence-corrected chi connectivity index (χ4v) is 3.01. The molecule has 5 nitrogen and oxygen atoms in total. The first kappa shape index (κ1) is 17.3. The number of nitrogens with zero attached hydrogens (tertiary/aromatic N) is 1. The highest BCUT2D eigenvalue weighted by Gasteiger charge is 2.24. The molecule has 1 saturated heterocycles. The fourth-order valence-electron chi connectivity index (χ4n) is 3.01. The van der Waals surface area contributed by atoms with Gasteiger partial charge in [0, 0.05) is 18.2 Å². The Morgan fingerprint density at radius 1 is 1.30 bits per heavy atom. The summed E-state index contributed by atoms with van der Waals surface area (Å²) in [7, 11) is 0. The van der Waals surface area contributed by atoms with Crippen LogP contribution in [0.4, 0.5) is 0 Å². The van der Waals surface area contributed by atoms with Crippen LogP contribution in [0.5, 0.6) is 5.75 Å².